The smallest absolute Gasteiger partial charge is 0.326 e. The van der Waals surface area contributed by atoms with Gasteiger partial charge in [-0.2, -0.15) is 0 Å². The number of carboxylic acid groups (broad SMARTS) is 1. The fourth-order valence-corrected chi connectivity index (χ4v) is 5.57. The molecule has 1 fully saturated rings. The van der Waals surface area contributed by atoms with E-state index in [0.717, 1.165) is 47.9 Å². The van der Waals surface area contributed by atoms with Crippen molar-refractivity contribution in [2.75, 3.05) is 7.11 Å². The molecule has 0 saturated heterocycles. The summed E-state index contributed by atoms with van der Waals surface area (Å²) in [5.41, 5.74) is 3.33. The standard InChI is InChI=1S/C32H35NO6/c1-37-28-18-17-24-20-33(27(32(35)36)19-26(24)30(28)38-21-22-11-5-2-6-12-22)31(34)29(23-13-7-3-8-14-23)39-25-15-9-4-10-16-25/h2-3,5-8,11-14,17-18,25,27,29H,4,9-10,15-16,19-21H2,1H3,(H,35,36)/t27-,29+/m1/s1. The third-order valence-corrected chi connectivity index (χ3v) is 7.66. The highest BCUT2D eigenvalue weighted by atomic mass is 16.5. The molecule has 1 heterocycles. The van der Waals surface area contributed by atoms with Crippen LogP contribution >= 0.6 is 0 Å². The van der Waals surface area contributed by atoms with Gasteiger partial charge in [0.2, 0.25) is 0 Å². The Morgan fingerprint density at radius 1 is 0.949 bits per heavy atom. The predicted octanol–water partition coefficient (Wildman–Crippen LogP) is 5.70. The maximum absolute atomic E-state index is 14.1. The Labute approximate surface area is 229 Å². The number of ether oxygens (including phenoxy) is 3. The number of benzene rings is 3. The van der Waals surface area contributed by atoms with Gasteiger partial charge in [-0.3, -0.25) is 4.79 Å². The van der Waals surface area contributed by atoms with Crippen LogP contribution in [0.1, 0.15) is 60.5 Å². The number of rotatable bonds is 9. The van der Waals surface area contributed by atoms with Crippen LogP contribution in [0, 0.1) is 0 Å². The molecule has 2 aliphatic rings. The maximum atomic E-state index is 14.1. The second-order valence-corrected chi connectivity index (χ2v) is 10.2. The average Bonchev–Trinajstić information content (AvgIpc) is 2.99. The minimum Gasteiger partial charge on any atom is -0.493 e. The van der Waals surface area contributed by atoms with Gasteiger partial charge in [0.15, 0.2) is 17.6 Å². The first-order chi connectivity index (χ1) is 19.0. The third kappa shape index (κ3) is 6.09. The summed E-state index contributed by atoms with van der Waals surface area (Å²) in [7, 11) is 1.57. The summed E-state index contributed by atoms with van der Waals surface area (Å²) in [4.78, 5) is 28.1. The number of aliphatic carboxylic acids is 1. The fraction of sp³-hybridized carbons (Fsp3) is 0.375. The number of carbonyl (C=O) groups is 2. The number of carbonyl (C=O) groups excluding carboxylic acids is 1. The Hall–Kier alpha value is -3.84. The van der Waals surface area contributed by atoms with Crippen LogP contribution in [0.5, 0.6) is 11.5 Å². The number of hydrogen-bond acceptors (Lipinski definition) is 5. The normalized spacial score (nSPS) is 18.2. The molecule has 1 N–H and O–H groups in total. The van der Waals surface area contributed by atoms with E-state index in [4.69, 9.17) is 14.2 Å². The van der Waals surface area contributed by atoms with Gasteiger partial charge in [0.05, 0.1) is 13.2 Å². The van der Waals surface area contributed by atoms with Gasteiger partial charge in [-0.05, 0) is 35.6 Å². The van der Waals surface area contributed by atoms with E-state index in [1.54, 1.807) is 7.11 Å². The molecule has 3 aromatic carbocycles. The van der Waals surface area contributed by atoms with Crippen molar-refractivity contribution in [3.05, 3.63) is 95.1 Å². The Morgan fingerprint density at radius 2 is 1.64 bits per heavy atom. The first kappa shape index (κ1) is 26.8. The minimum atomic E-state index is -1.06. The first-order valence-electron chi connectivity index (χ1n) is 13.6. The van der Waals surface area contributed by atoms with Crippen molar-refractivity contribution in [2.24, 2.45) is 0 Å². The molecule has 1 aliphatic heterocycles. The molecule has 7 heteroatoms. The molecule has 0 spiro atoms. The fourth-order valence-electron chi connectivity index (χ4n) is 5.57. The van der Waals surface area contributed by atoms with Crippen molar-refractivity contribution in [3.63, 3.8) is 0 Å². The van der Waals surface area contributed by atoms with Gasteiger partial charge in [0.25, 0.3) is 5.91 Å². The molecule has 0 bridgehead atoms. The van der Waals surface area contributed by atoms with Crippen LogP contribution in [-0.2, 0) is 33.9 Å². The Bertz CT molecular complexity index is 1270. The Morgan fingerprint density at radius 3 is 2.31 bits per heavy atom. The minimum absolute atomic E-state index is 0.0180. The van der Waals surface area contributed by atoms with E-state index in [-0.39, 0.29) is 25.0 Å². The second-order valence-electron chi connectivity index (χ2n) is 10.2. The topological polar surface area (TPSA) is 85.3 Å². The van der Waals surface area contributed by atoms with E-state index in [2.05, 4.69) is 0 Å². The summed E-state index contributed by atoms with van der Waals surface area (Å²) in [6.07, 6.45) is 4.37. The monoisotopic (exact) mass is 529 g/mol. The molecule has 2 atom stereocenters. The van der Waals surface area contributed by atoms with E-state index in [0.29, 0.717) is 18.1 Å². The van der Waals surface area contributed by atoms with Gasteiger partial charge in [-0.1, -0.05) is 86.0 Å². The average molecular weight is 530 g/mol. The number of fused-ring (bicyclic) bond motifs is 1. The zero-order chi connectivity index (χ0) is 27.2. The number of amides is 1. The lowest BCUT2D eigenvalue weighted by Gasteiger charge is -2.38. The van der Waals surface area contributed by atoms with E-state index >= 15 is 0 Å². The van der Waals surface area contributed by atoms with E-state index in [9.17, 15) is 14.7 Å². The number of hydrogen-bond donors (Lipinski definition) is 1. The quantitative estimate of drug-likeness (QED) is 0.383. The molecule has 39 heavy (non-hydrogen) atoms. The summed E-state index contributed by atoms with van der Waals surface area (Å²) in [5.74, 6) is -0.325. The predicted molar refractivity (Wildman–Crippen MR) is 147 cm³/mol. The van der Waals surface area contributed by atoms with Gasteiger partial charge in [-0.15, -0.1) is 0 Å². The first-order valence-corrected chi connectivity index (χ1v) is 13.6. The largest absolute Gasteiger partial charge is 0.493 e. The van der Waals surface area contributed by atoms with Crippen molar-refractivity contribution in [1.82, 2.24) is 4.90 Å². The molecule has 0 aromatic heterocycles. The van der Waals surface area contributed by atoms with E-state index < -0.39 is 18.1 Å². The van der Waals surface area contributed by atoms with Crippen LogP contribution in [0.2, 0.25) is 0 Å². The lowest BCUT2D eigenvalue weighted by atomic mass is 9.91. The van der Waals surface area contributed by atoms with Crippen molar-refractivity contribution < 1.29 is 28.9 Å². The zero-order valence-electron chi connectivity index (χ0n) is 22.3. The molecule has 5 rings (SSSR count). The van der Waals surface area contributed by atoms with Crippen LogP contribution in [0.3, 0.4) is 0 Å². The molecule has 204 valence electrons. The summed E-state index contributed by atoms with van der Waals surface area (Å²) in [5, 5.41) is 10.3. The van der Waals surface area contributed by atoms with Crippen molar-refractivity contribution in [3.8, 4) is 11.5 Å². The van der Waals surface area contributed by atoms with Crippen LogP contribution in [-0.4, -0.2) is 41.1 Å². The van der Waals surface area contributed by atoms with E-state index in [1.807, 2.05) is 72.8 Å². The number of methoxy groups -OCH3 is 1. The molecule has 0 radical (unpaired) electrons. The second kappa shape index (κ2) is 12.3. The van der Waals surface area contributed by atoms with Crippen molar-refractivity contribution >= 4 is 11.9 Å². The lowest BCUT2D eigenvalue weighted by molar-refractivity contribution is -0.161. The molecule has 1 saturated carbocycles. The summed E-state index contributed by atoms with van der Waals surface area (Å²) in [6, 6.07) is 21.8. The summed E-state index contributed by atoms with van der Waals surface area (Å²) in [6.45, 7) is 0.466. The summed E-state index contributed by atoms with van der Waals surface area (Å²) >= 11 is 0. The van der Waals surface area contributed by atoms with Crippen LogP contribution < -0.4 is 9.47 Å². The lowest BCUT2D eigenvalue weighted by Crippen LogP contribution is -2.51. The third-order valence-electron chi connectivity index (χ3n) is 7.66. The highest BCUT2D eigenvalue weighted by Crippen LogP contribution is 2.40. The number of nitrogens with zero attached hydrogens (tertiary/aromatic N) is 1. The molecule has 3 aromatic rings. The van der Waals surface area contributed by atoms with Crippen molar-refractivity contribution in [1.29, 1.82) is 0 Å². The highest BCUT2D eigenvalue weighted by Gasteiger charge is 2.40. The molecular weight excluding hydrogens is 494 g/mol. The van der Waals surface area contributed by atoms with Gasteiger partial charge < -0.3 is 24.2 Å². The van der Waals surface area contributed by atoms with Gasteiger partial charge in [0, 0.05) is 18.5 Å². The molecule has 1 amide bonds. The Balaban J connectivity index is 1.45. The maximum Gasteiger partial charge on any atom is 0.326 e. The van der Waals surface area contributed by atoms with E-state index in [1.165, 1.54) is 11.3 Å². The Kier molecular flexibility index (Phi) is 8.47. The zero-order valence-corrected chi connectivity index (χ0v) is 22.3. The van der Waals surface area contributed by atoms with Gasteiger partial charge in [-0.25, -0.2) is 4.79 Å². The van der Waals surface area contributed by atoms with Gasteiger partial charge in [0.1, 0.15) is 12.6 Å². The molecule has 1 aliphatic carbocycles. The van der Waals surface area contributed by atoms with Gasteiger partial charge >= 0.3 is 5.97 Å². The summed E-state index contributed by atoms with van der Waals surface area (Å²) < 4.78 is 18.2. The van der Waals surface area contributed by atoms with Crippen LogP contribution in [0.25, 0.3) is 0 Å². The van der Waals surface area contributed by atoms with Crippen LogP contribution in [0.4, 0.5) is 0 Å². The molecular formula is C32H35NO6. The van der Waals surface area contributed by atoms with Crippen LogP contribution in [0.15, 0.2) is 72.8 Å². The number of carboxylic acids is 1. The SMILES string of the molecule is COc1ccc2c(c1OCc1ccccc1)C[C@H](C(=O)O)N(C(=O)[C@@H](OC1CCCCC1)c1ccccc1)C2. The van der Waals surface area contributed by atoms with Crippen molar-refractivity contribution in [2.45, 2.75) is 69.9 Å². The highest BCUT2D eigenvalue weighted by molar-refractivity contribution is 5.88. The molecule has 0 unspecified atom stereocenters. The molecule has 7 nitrogen and oxygen atoms in total.